The zero-order valence-corrected chi connectivity index (χ0v) is 24.2. The van der Waals surface area contributed by atoms with Crippen molar-refractivity contribution in [3.8, 4) is 0 Å². The van der Waals surface area contributed by atoms with Gasteiger partial charge >= 0.3 is 0 Å². The molecule has 0 radical (unpaired) electrons. The molecule has 8 nitrogen and oxygen atoms in total. The molecule has 2 N–H and O–H groups in total. The predicted octanol–water partition coefficient (Wildman–Crippen LogP) is 4.93. The lowest BCUT2D eigenvalue weighted by Crippen LogP contribution is -2.48. The second-order valence-electron chi connectivity index (χ2n) is 11.2. The Morgan fingerprint density at radius 2 is 1.67 bits per heavy atom. The molecule has 3 aromatic rings. The van der Waals surface area contributed by atoms with E-state index >= 15 is 8.78 Å². The monoisotopic (exact) mass is 627 g/mol. The lowest BCUT2D eigenvalue weighted by atomic mass is 9.77. The number of alkyl halides is 1. The van der Waals surface area contributed by atoms with Gasteiger partial charge in [0.05, 0.1) is 34.9 Å². The van der Waals surface area contributed by atoms with Gasteiger partial charge in [-0.05, 0) is 73.9 Å². The van der Waals surface area contributed by atoms with Gasteiger partial charge in [-0.1, -0.05) is 35.3 Å². The van der Waals surface area contributed by atoms with E-state index in [4.69, 9.17) is 27.9 Å². The first-order valence-electron chi connectivity index (χ1n) is 13.4. The number of benzene rings is 2. The summed E-state index contributed by atoms with van der Waals surface area (Å²) in [7, 11) is 0. The van der Waals surface area contributed by atoms with Gasteiger partial charge in [-0.3, -0.25) is 14.5 Å². The summed E-state index contributed by atoms with van der Waals surface area (Å²) >= 11 is 12.1. The second kappa shape index (κ2) is 10.3. The molecule has 2 aliphatic carbocycles. The van der Waals surface area contributed by atoms with Gasteiger partial charge in [-0.15, -0.1) is 0 Å². The van der Waals surface area contributed by atoms with Gasteiger partial charge in [0, 0.05) is 23.0 Å². The molecule has 3 aliphatic rings. The number of halogens is 4. The van der Waals surface area contributed by atoms with Crippen LogP contribution in [0.25, 0.3) is 0 Å². The Hall–Kier alpha value is -3.54. The minimum absolute atomic E-state index is 0.162. The smallest absolute Gasteiger partial charge is 0.257 e. The first-order chi connectivity index (χ1) is 20.3. The maximum absolute atomic E-state index is 16.5. The Bertz CT molecular complexity index is 1670. The Morgan fingerprint density at radius 1 is 1.05 bits per heavy atom. The number of ether oxygens (including phenoxy) is 1. The van der Waals surface area contributed by atoms with E-state index < -0.39 is 40.1 Å². The van der Waals surface area contributed by atoms with Gasteiger partial charge in [-0.2, -0.15) is 0 Å². The van der Waals surface area contributed by atoms with E-state index in [1.807, 2.05) is 0 Å². The van der Waals surface area contributed by atoms with E-state index in [1.165, 1.54) is 23.4 Å². The quantitative estimate of drug-likeness (QED) is 0.364. The van der Waals surface area contributed by atoms with Crippen molar-refractivity contribution in [2.45, 2.75) is 48.9 Å². The zero-order valence-electron chi connectivity index (χ0n) is 22.7. The number of aromatic nitrogens is 2. The van der Waals surface area contributed by atoms with Crippen molar-refractivity contribution in [2.75, 3.05) is 6.61 Å². The molecule has 1 aromatic heterocycles. The van der Waals surface area contributed by atoms with Gasteiger partial charge in [0.25, 0.3) is 5.91 Å². The number of aliphatic hydroxyl groups is 2. The highest BCUT2D eigenvalue weighted by Gasteiger charge is 2.57. The minimum Gasteiger partial charge on any atom is -0.387 e. The van der Waals surface area contributed by atoms with Gasteiger partial charge < -0.3 is 14.9 Å². The number of allylic oxidation sites excluding steroid dienone is 2. The molecule has 1 fully saturated rings. The topological polar surface area (TPSA) is 113 Å². The molecule has 12 heteroatoms. The normalized spacial score (nSPS) is 22.9. The number of hydrogen-bond donors (Lipinski definition) is 2. The largest absolute Gasteiger partial charge is 0.387 e. The number of carbonyl (C=O) groups excluding carboxylic acids is 2. The third-order valence-corrected chi connectivity index (χ3v) is 8.61. The highest BCUT2D eigenvalue weighted by atomic mass is 35.5. The number of amides is 1. The van der Waals surface area contributed by atoms with Crippen molar-refractivity contribution in [2.24, 2.45) is 0 Å². The van der Waals surface area contributed by atoms with Crippen molar-refractivity contribution < 1.29 is 33.3 Å². The molecular formula is C31H25Cl2F2N3O5. The number of fused-ring (bicyclic) bond motifs is 1. The third kappa shape index (κ3) is 4.97. The summed E-state index contributed by atoms with van der Waals surface area (Å²) in [6.07, 6.45) is 7.34. The SMILES string of the molecule is CC(O)(c1cc(F)c2c(c1)C(=O)N(Cc1ncc(Cl)cn1)[C@@]2(OCC1(O)CC1)c1ccc(Cl)cc1)C1(F)C=CC(=O)C=C1. The molecule has 2 atom stereocenters. The molecule has 0 saturated heterocycles. The molecule has 2 aromatic carbocycles. The van der Waals surface area contributed by atoms with Crippen LogP contribution in [0.15, 0.2) is 73.1 Å². The molecule has 1 aliphatic heterocycles. The summed E-state index contributed by atoms with van der Waals surface area (Å²) < 4.78 is 39.0. The Kier molecular flexibility index (Phi) is 7.06. The van der Waals surface area contributed by atoms with Crippen molar-refractivity contribution in [3.05, 3.63) is 117 Å². The molecular weight excluding hydrogens is 603 g/mol. The van der Waals surface area contributed by atoms with Crippen LogP contribution >= 0.6 is 23.2 Å². The summed E-state index contributed by atoms with van der Waals surface area (Å²) in [6, 6.07) is 8.41. The first kappa shape index (κ1) is 29.5. The minimum atomic E-state index is -2.58. The predicted molar refractivity (Wildman–Crippen MR) is 152 cm³/mol. The molecule has 222 valence electrons. The van der Waals surface area contributed by atoms with Gasteiger partial charge in [-0.25, -0.2) is 18.7 Å². The molecule has 1 saturated carbocycles. The Balaban J connectivity index is 1.55. The molecule has 1 unspecified atom stereocenters. The lowest BCUT2D eigenvalue weighted by molar-refractivity contribution is -0.139. The number of ketones is 1. The van der Waals surface area contributed by atoms with Crippen molar-refractivity contribution >= 4 is 34.9 Å². The van der Waals surface area contributed by atoms with Crippen molar-refractivity contribution in [3.63, 3.8) is 0 Å². The Labute approximate surface area is 255 Å². The van der Waals surface area contributed by atoms with Crippen LogP contribution in [0.3, 0.4) is 0 Å². The highest BCUT2D eigenvalue weighted by molar-refractivity contribution is 6.30. The maximum Gasteiger partial charge on any atom is 0.257 e. The van der Waals surface area contributed by atoms with E-state index in [0.29, 0.717) is 23.4 Å². The number of rotatable bonds is 8. The molecule has 0 bridgehead atoms. The van der Waals surface area contributed by atoms with Crippen LogP contribution in [0.1, 0.15) is 52.6 Å². The van der Waals surface area contributed by atoms with E-state index in [0.717, 1.165) is 37.3 Å². The van der Waals surface area contributed by atoms with Crippen molar-refractivity contribution in [1.29, 1.82) is 0 Å². The van der Waals surface area contributed by atoms with Crippen LogP contribution in [0, 0.1) is 5.82 Å². The van der Waals surface area contributed by atoms with Crippen LogP contribution in [-0.2, 0) is 27.4 Å². The molecule has 1 amide bonds. The van der Waals surface area contributed by atoms with Crippen molar-refractivity contribution in [1.82, 2.24) is 14.9 Å². The van der Waals surface area contributed by atoms with Gasteiger partial charge in [0.2, 0.25) is 0 Å². The van der Waals surface area contributed by atoms with Gasteiger partial charge in [0.15, 0.2) is 17.2 Å². The first-order valence-corrected chi connectivity index (χ1v) is 14.1. The molecule has 6 rings (SSSR count). The number of hydrogen-bond acceptors (Lipinski definition) is 7. The third-order valence-electron chi connectivity index (χ3n) is 8.16. The lowest BCUT2D eigenvalue weighted by Gasteiger charge is -2.40. The highest BCUT2D eigenvalue weighted by Crippen LogP contribution is 2.51. The van der Waals surface area contributed by atoms with E-state index in [1.54, 1.807) is 24.3 Å². The van der Waals surface area contributed by atoms with Crippen LogP contribution in [0.4, 0.5) is 8.78 Å². The number of nitrogens with zero attached hydrogens (tertiary/aromatic N) is 3. The molecule has 0 spiro atoms. The zero-order chi connectivity index (χ0) is 30.8. The molecule has 2 heterocycles. The summed E-state index contributed by atoms with van der Waals surface area (Å²) in [6.45, 7) is 0.622. The standard InChI is InChI=1S/C31H25Cl2F2N3O5/c1-28(41,30(35)8-6-22(39)7-9-30)19-12-23-26(24(34)13-19)31(43-17-29(42)10-11-29,18-2-4-20(32)5-3-18)38(27(23)40)16-25-36-14-21(33)15-37-25/h2-9,12-15,41-42H,10-11,16-17H2,1H3/t28?,31-/m1/s1. The summed E-state index contributed by atoms with van der Waals surface area (Å²) in [5.41, 5.74) is -8.41. The van der Waals surface area contributed by atoms with Gasteiger partial charge in [0.1, 0.15) is 17.2 Å². The van der Waals surface area contributed by atoms with Crippen LogP contribution in [0.2, 0.25) is 10.0 Å². The fraction of sp³-hybridized carbons (Fsp3) is 0.290. The van der Waals surface area contributed by atoms with Crippen LogP contribution in [-0.4, -0.2) is 54.6 Å². The van der Waals surface area contributed by atoms with Crippen LogP contribution < -0.4 is 0 Å². The molecule has 43 heavy (non-hydrogen) atoms. The number of carbonyl (C=O) groups is 2. The maximum atomic E-state index is 16.5. The fourth-order valence-corrected chi connectivity index (χ4v) is 5.59. The second-order valence-corrected chi connectivity index (χ2v) is 12.0. The average molecular weight is 628 g/mol. The van der Waals surface area contributed by atoms with E-state index in [9.17, 15) is 19.8 Å². The summed E-state index contributed by atoms with van der Waals surface area (Å²) in [5, 5.41) is 22.8. The summed E-state index contributed by atoms with van der Waals surface area (Å²) in [5.74, 6) is -2.00. The van der Waals surface area contributed by atoms with Crippen LogP contribution in [0.5, 0.6) is 0 Å². The summed E-state index contributed by atoms with van der Waals surface area (Å²) in [4.78, 5) is 35.5. The Morgan fingerprint density at radius 3 is 2.28 bits per heavy atom. The average Bonchev–Trinajstić information content (AvgIpc) is 3.67. The fourth-order valence-electron chi connectivity index (χ4n) is 5.37. The van der Waals surface area contributed by atoms with E-state index in [-0.39, 0.29) is 40.7 Å². The van der Waals surface area contributed by atoms with E-state index in [2.05, 4.69) is 9.97 Å².